The monoisotopic (exact) mass is 469 g/mol. The fourth-order valence-corrected chi connectivity index (χ4v) is 3.49. The molecule has 1 heterocycles. The Labute approximate surface area is 193 Å². The van der Waals surface area contributed by atoms with Crippen molar-refractivity contribution in [1.82, 2.24) is 9.80 Å². The second-order valence-electron chi connectivity index (χ2n) is 7.51. The van der Waals surface area contributed by atoms with Gasteiger partial charge in [-0.15, -0.1) is 0 Å². The highest BCUT2D eigenvalue weighted by molar-refractivity contribution is 6.39. The number of carbonyl (C=O) groups is 4. The first kappa shape index (κ1) is 24.3. The Hall–Kier alpha value is -4.33. The number of nitriles is 1. The van der Waals surface area contributed by atoms with E-state index in [0.29, 0.717) is 5.69 Å². The average molecular weight is 469 g/mol. The second-order valence-corrected chi connectivity index (χ2v) is 7.51. The van der Waals surface area contributed by atoms with E-state index < -0.39 is 48.7 Å². The first-order chi connectivity index (χ1) is 16.3. The maximum absolute atomic E-state index is 13.5. The SMILES string of the molecule is N#CC1CC(C(=O)Nc2ccccc2)CN1C(=O)CN(C(=O)C(=O)Nc1ccccc1)C(F)F. The molecule has 1 aliphatic heterocycles. The Morgan fingerprint density at radius 2 is 1.56 bits per heavy atom. The molecule has 4 amide bonds. The normalized spacial score (nSPS) is 17.1. The molecule has 0 aromatic heterocycles. The van der Waals surface area contributed by atoms with Gasteiger partial charge >= 0.3 is 18.4 Å². The molecule has 2 N–H and O–H groups in total. The lowest BCUT2D eigenvalue weighted by Crippen LogP contribution is -2.49. The van der Waals surface area contributed by atoms with Crippen molar-refractivity contribution >= 4 is 35.0 Å². The van der Waals surface area contributed by atoms with Gasteiger partial charge in [-0.1, -0.05) is 36.4 Å². The molecular weight excluding hydrogens is 448 g/mol. The van der Waals surface area contributed by atoms with E-state index >= 15 is 0 Å². The van der Waals surface area contributed by atoms with E-state index in [2.05, 4.69) is 10.6 Å². The van der Waals surface area contributed by atoms with Crippen LogP contribution >= 0.6 is 0 Å². The molecule has 0 bridgehead atoms. The van der Waals surface area contributed by atoms with Gasteiger partial charge in [0.05, 0.1) is 12.0 Å². The Morgan fingerprint density at radius 1 is 1.00 bits per heavy atom. The predicted molar refractivity (Wildman–Crippen MR) is 117 cm³/mol. The van der Waals surface area contributed by atoms with Crippen molar-refractivity contribution in [3.63, 3.8) is 0 Å². The molecule has 176 valence electrons. The fraction of sp³-hybridized carbons (Fsp3) is 0.261. The van der Waals surface area contributed by atoms with Gasteiger partial charge in [0.2, 0.25) is 11.8 Å². The van der Waals surface area contributed by atoms with Crippen molar-refractivity contribution in [1.29, 1.82) is 5.26 Å². The van der Waals surface area contributed by atoms with Crippen LogP contribution in [-0.2, 0) is 19.2 Å². The number of benzene rings is 2. The highest BCUT2D eigenvalue weighted by atomic mass is 19.3. The molecule has 11 heteroatoms. The summed E-state index contributed by atoms with van der Waals surface area (Å²) in [6.45, 7) is -4.74. The van der Waals surface area contributed by atoms with Gasteiger partial charge in [0.15, 0.2) is 0 Å². The highest BCUT2D eigenvalue weighted by Crippen LogP contribution is 2.25. The molecule has 0 spiro atoms. The minimum absolute atomic E-state index is 0.0119. The predicted octanol–water partition coefficient (Wildman–Crippen LogP) is 2.06. The third-order valence-corrected chi connectivity index (χ3v) is 5.21. The number of para-hydroxylation sites is 2. The Balaban J connectivity index is 1.65. The molecular formula is C23H21F2N5O4. The van der Waals surface area contributed by atoms with Gasteiger partial charge in [0, 0.05) is 17.9 Å². The van der Waals surface area contributed by atoms with Crippen molar-refractivity contribution in [3.8, 4) is 6.07 Å². The number of nitrogens with zero attached hydrogens (tertiary/aromatic N) is 3. The maximum atomic E-state index is 13.5. The van der Waals surface area contributed by atoms with Crippen molar-refractivity contribution in [2.75, 3.05) is 23.7 Å². The van der Waals surface area contributed by atoms with Gasteiger partial charge < -0.3 is 15.5 Å². The fourth-order valence-electron chi connectivity index (χ4n) is 3.49. The molecule has 1 saturated heterocycles. The summed E-state index contributed by atoms with van der Waals surface area (Å²) in [6.07, 6.45) is 0.0119. The molecule has 3 rings (SSSR count). The molecule has 0 aliphatic carbocycles. The van der Waals surface area contributed by atoms with E-state index in [1.165, 1.54) is 12.1 Å². The van der Waals surface area contributed by atoms with Crippen LogP contribution in [-0.4, -0.2) is 59.1 Å². The molecule has 0 saturated carbocycles. The van der Waals surface area contributed by atoms with Crippen LogP contribution in [0.1, 0.15) is 6.42 Å². The second kappa shape index (κ2) is 11.0. The van der Waals surface area contributed by atoms with E-state index in [1.807, 2.05) is 6.07 Å². The minimum atomic E-state index is -3.43. The summed E-state index contributed by atoms with van der Waals surface area (Å²) in [6, 6.07) is 17.2. The van der Waals surface area contributed by atoms with E-state index in [0.717, 1.165) is 4.90 Å². The standard InChI is InChI=1S/C23H21F2N5O4/c24-23(25)30(22(34)21(33)28-17-9-5-2-6-10-17)14-19(31)29-13-15(11-18(29)12-26)20(32)27-16-7-3-1-4-8-16/h1-10,15,18,23H,11,13-14H2,(H,27,32)(H,28,33). The topological polar surface area (TPSA) is 123 Å². The van der Waals surface area contributed by atoms with E-state index in [4.69, 9.17) is 0 Å². The number of rotatable bonds is 6. The minimum Gasteiger partial charge on any atom is -0.326 e. The lowest BCUT2D eigenvalue weighted by Gasteiger charge is -2.25. The van der Waals surface area contributed by atoms with Gasteiger partial charge in [0.25, 0.3) is 0 Å². The summed E-state index contributed by atoms with van der Waals surface area (Å²) in [5.74, 6) is -5.07. The van der Waals surface area contributed by atoms with E-state index in [9.17, 15) is 33.2 Å². The molecule has 1 aliphatic rings. The van der Waals surface area contributed by atoms with Gasteiger partial charge in [-0.05, 0) is 30.7 Å². The third kappa shape index (κ3) is 5.92. The Bertz CT molecular complexity index is 1090. The quantitative estimate of drug-likeness (QED) is 0.495. The number of hydrogen-bond acceptors (Lipinski definition) is 5. The number of hydrogen-bond donors (Lipinski definition) is 2. The maximum Gasteiger partial charge on any atom is 0.318 e. The zero-order valence-electron chi connectivity index (χ0n) is 17.9. The van der Waals surface area contributed by atoms with Crippen molar-refractivity contribution in [3.05, 3.63) is 60.7 Å². The summed E-state index contributed by atoms with van der Waals surface area (Å²) in [7, 11) is 0. The largest absolute Gasteiger partial charge is 0.326 e. The molecule has 9 nitrogen and oxygen atoms in total. The average Bonchev–Trinajstić information content (AvgIpc) is 3.28. The summed E-state index contributed by atoms with van der Waals surface area (Å²) < 4.78 is 27.1. The Kier molecular flexibility index (Phi) is 7.87. The van der Waals surface area contributed by atoms with Gasteiger partial charge in [-0.3, -0.25) is 24.1 Å². The van der Waals surface area contributed by atoms with Crippen molar-refractivity contribution in [2.24, 2.45) is 5.92 Å². The van der Waals surface area contributed by atoms with Crippen LogP contribution in [0.25, 0.3) is 0 Å². The summed E-state index contributed by atoms with van der Waals surface area (Å²) in [5.41, 5.74) is 0.752. The zero-order valence-corrected chi connectivity index (χ0v) is 17.9. The van der Waals surface area contributed by atoms with Crippen molar-refractivity contribution in [2.45, 2.75) is 19.0 Å². The van der Waals surface area contributed by atoms with Crippen LogP contribution in [0.15, 0.2) is 60.7 Å². The van der Waals surface area contributed by atoms with Crippen LogP contribution < -0.4 is 10.6 Å². The zero-order chi connectivity index (χ0) is 24.7. The van der Waals surface area contributed by atoms with Crippen LogP contribution in [0, 0.1) is 17.2 Å². The smallest absolute Gasteiger partial charge is 0.318 e. The number of likely N-dealkylation sites (tertiary alicyclic amines) is 1. The molecule has 2 aromatic rings. The molecule has 34 heavy (non-hydrogen) atoms. The van der Waals surface area contributed by atoms with Crippen molar-refractivity contribution < 1.29 is 28.0 Å². The lowest BCUT2D eigenvalue weighted by atomic mass is 10.1. The van der Waals surface area contributed by atoms with Gasteiger partial charge in [-0.25, -0.2) is 0 Å². The third-order valence-electron chi connectivity index (χ3n) is 5.21. The van der Waals surface area contributed by atoms with Gasteiger partial charge in [-0.2, -0.15) is 14.0 Å². The number of alkyl halides is 2. The first-order valence-corrected chi connectivity index (χ1v) is 10.3. The summed E-state index contributed by atoms with van der Waals surface area (Å²) in [5, 5.41) is 14.3. The Morgan fingerprint density at radius 3 is 2.09 bits per heavy atom. The summed E-state index contributed by atoms with van der Waals surface area (Å²) in [4.78, 5) is 50.5. The van der Waals surface area contributed by atoms with Crippen LogP contribution in [0.4, 0.5) is 20.2 Å². The lowest BCUT2D eigenvalue weighted by molar-refractivity contribution is -0.157. The number of halogens is 2. The summed E-state index contributed by atoms with van der Waals surface area (Å²) >= 11 is 0. The van der Waals surface area contributed by atoms with Crippen LogP contribution in [0.3, 0.4) is 0 Å². The molecule has 0 radical (unpaired) electrons. The highest BCUT2D eigenvalue weighted by Gasteiger charge is 2.41. The number of anilines is 2. The molecule has 2 atom stereocenters. The molecule has 1 fully saturated rings. The number of carbonyl (C=O) groups excluding carboxylic acids is 4. The van der Waals surface area contributed by atoms with Gasteiger partial charge in [0.1, 0.15) is 12.6 Å². The van der Waals surface area contributed by atoms with Crippen LogP contribution in [0.2, 0.25) is 0 Å². The van der Waals surface area contributed by atoms with Crippen LogP contribution in [0.5, 0.6) is 0 Å². The van der Waals surface area contributed by atoms with E-state index in [-0.39, 0.29) is 23.6 Å². The number of nitrogens with one attached hydrogen (secondary N) is 2. The molecule has 2 unspecified atom stereocenters. The first-order valence-electron chi connectivity index (χ1n) is 10.3. The van der Waals surface area contributed by atoms with E-state index in [1.54, 1.807) is 48.5 Å². The number of amides is 4. The molecule has 2 aromatic carbocycles.